The smallest absolute Gasteiger partial charge is 0.290 e. The van der Waals surface area contributed by atoms with E-state index in [2.05, 4.69) is 25.5 Å². The van der Waals surface area contributed by atoms with Crippen LogP contribution in [-0.4, -0.2) is 29.4 Å². The van der Waals surface area contributed by atoms with E-state index in [1.165, 1.54) is 4.68 Å². The summed E-state index contributed by atoms with van der Waals surface area (Å²) in [6.45, 7) is 3.60. The van der Waals surface area contributed by atoms with Gasteiger partial charge in [-0.15, -0.1) is 0 Å². The number of aryl methyl sites for hydroxylation is 2. The Labute approximate surface area is 165 Å². The lowest BCUT2D eigenvalue weighted by atomic mass is 10.3. The molecular weight excluding hydrogens is 366 g/mol. The van der Waals surface area contributed by atoms with Gasteiger partial charge in [-0.25, -0.2) is 24.3 Å². The normalized spacial score (nSPS) is 11.2. The van der Waals surface area contributed by atoms with Gasteiger partial charge in [0.15, 0.2) is 16.8 Å². The molecule has 3 heterocycles. The zero-order chi connectivity index (χ0) is 20.0. The van der Waals surface area contributed by atoms with Gasteiger partial charge in [0.25, 0.3) is 0 Å². The number of para-hydroxylation sites is 2. The van der Waals surface area contributed by atoms with Crippen LogP contribution in [0.15, 0.2) is 65.5 Å². The molecule has 0 aliphatic carbocycles. The Morgan fingerprint density at radius 1 is 0.828 bits per heavy atom. The van der Waals surface area contributed by atoms with E-state index in [1.807, 2.05) is 67.6 Å². The van der Waals surface area contributed by atoms with Crippen molar-refractivity contribution in [2.45, 2.75) is 13.8 Å². The number of benzene rings is 2. The molecule has 2 aromatic carbocycles. The molecule has 0 amide bonds. The third-order valence-corrected chi connectivity index (χ3v) is 4.66. The molecule has 8 heteroatoms. The molecule has 0 spiro atoms. The van der Waals surface area contributed by atoms with Crippen LogP contribution in [0.4, 0.5) is 5.69 Å². The molecule has 0 radical (unpaired) electrons. The van der Waals surface area contributed by atoms with Gasteiger partial charge < -0.3 is 0 Å². The van der Waals surface area contributed by atoms with Crippen molar-refractivity contribution in [3.63, 3.8) is 0 Å². The largest absolute Gasteiger partial charge is 0.300 e. The van der Waals surface area contributed by atoms with E-state index in [0.717, 1.165) is 11.4 Å². The van der Waals surface area contributed by atoms with Gasteiger partial charge in [0.05, 0.1) is 17.1 Å². The molecule has 0 saturated carbocycles. The maximum absolute atomic E-state index is 13.1. The maximum atomic E-state index is 13.1. The topological polar surface area (TPSA) is 90.5 Å². The van der Waals surface area contributed by atoms with Crippen molar-refractivity contribution in [1.82, 2.24) is 29.4 Å². The van der Waals surface area contributed by atoms with Crippen LogP contribution in [0.1, 0.15) is 11.5 Å². The van der Waals surface area contributed by atoms with Crippen molar-refractivity contribution < 1.29 is 0 Å². The number of nitrogens with one attached hydrogen (secondary N) is 1. The number of aromatic nitrogens is 6. The van der Waals surface area contributed by atoms with Crippen LogP contribution in [-0.2, 0) is 0 Å². The van der Waals surface area contributed by atoms with Crippen LogP contribution >= 0.6 is 0 Å². The van der Waals surface area contributed by atoms with Crippen molar-refractivity contribution >= 4 is 28.0 Å². The summed E-state index contributed by atoms with van der Waals surface area (Å²) in [6.07, 6.45) is 0. The molecule has 8 nitrogen and oxygen atoms in total. The molecule has 0 bridgehead atoms. The first kappa shape index (κ1) is 17.1. The molecular formula is C21H17N7O. The lowest BCUT2D eigenvalue weighted by molar-refractivity contribution is 0.818. The molecule has 142 valence electrons. The quantitative estimate of drug-likeness (QED) is 0.515. The Bertz CT molecular complexity index is 1410. The van der Waals surface area contributed by atoms with Crippen molar-refractivity contribution in [1.29, 1.82) is 0 Å². The Balaban J connectivity index is 1.73. The van der Waals surface area contributed by atoms with E-state index in [1.54, 1.807) is 11.6 Å². The van der Waals surface area contributed by atoms with Crippen LogP contribution < -0.4 is 11.0 Å². The zero-order valence-corrected chi connectivity index (χ0v) is 15.9. The predicted molar refractivity (Wildman–Crippen MR) is 111 cm³/mol. The molecule has 5 aromatic rings. The fourth-order valence-electron chi connectivity index (χ4n) is 3.25. The highest BCUT2D eigenvalue weighted by Gasteiger charge is 2.17. The minimum atomic E-state index is -0.308. The molecule has 5 rings (SSSR count). The van der Waals surface area contributed by atoms with E-state index in [4.69, 9.17) is 0 Å². The highest BCUT2D eigenvalue weighted by atomic mass is 16.1. The van der Waals surface area contributed by atoms with Gasteiger partial charge in [0.1, 0.15) is 11.3 Å². The molecule has 29 heavy (non-hydrogen) atoms. The first-order valence-electron chi connectivity index (χ1n) is 9.16. The number of anilines is 1. The highest BCUT2D eigenvalue weighted by molar-refractivity contribution is 5.84. The summed E-state index contributed by atoms with van der Waals surface area (Å²) >= 11 is 0. The second kappa shape index (κ2) is 6.52. The van der Waals surface area contributed by atoms with Gasteiger partial charge in [-0.1, -0.05) is 36.4 Å². The standard InChI is InChI=1S/C21H17N7O/c1-13-17-20(28(25-13)16-11-7-4-8-12-16)24-19-18(23-17)21(29)27(14(2)22-19)26-15-9-5-3-6-10-15/h3-12,26H,1-2H3. The van der Waals surface area contributed by atoms with E-state index in [0.29, 0.717) is 28.3 Å². The highest BCUT2D eigenvalue weighted by Crippen LogP contribution is 2.20. The van der Waals surface area contributed by atoms with E-state index in [-0.39, 0.29) is 11.1 Å². The minimum Gasteiger partial charge on any atom is -0.290 e. The average molecular weight is 383 g/mol. The van der Waals surface area contributed by atoms with Gasteiger partial charge >= 0.3 is 5.56 Å². The fourth-order valence-corrected chi connectivity index (χ4v) is 3.25. The monoisotopic (exact) mass is 383 g/mol. The number of hydrogen-bond donors (Lipinski definition) is 1. The maximum Gasteiger partial charge on any atom is 0.300 e. The first-order chi connectivity index (χ1) is 14.1. The Morgan fingerprint density at radius 2 is 1.52 bits per heavy atom. The molecule has 3 aromatic heterocycles. The molecule has 0 aliphatic heterocycles. The number of fused-ring (bicyclic) bond motifs is 2. The van der Waals surface area contributed by atoms with Crippen molar-refractivity contribution in [2.24, 2.45) is 0 Å². The van der Waals surface area contributed by atoms with Gasteiger partial charge in [-0.05, 0) is 38.1 Å². The van der Waals surface area contributed by atoms with Crippen LogP contribution in [0.25, 0.3) is 28.0 Å². The summed E-state index contributed by atoms with van der Waals surface area (Å²) in [5.41, 5.74) is 6.76. The zero-order valence-electron chi connectivity index (χ0n) is 15.9. The third-order valence-electron chi connectivity index (χ3n) is 4.66. The van der Waals surface area contributed by atoms with Crippen LogP contribution in [0.2, 0.25) is 0 Å². The molecule has 0 atom stereocenters. The fraction of sp³-hybridized carbons (Fsp3) is 0.0952. The van der Waals surface area contributed by atoms with E-state index < -0.39 is 0 Å². The second-order valence-electron chi connectivity index (χ2n) is 6.68. The molecule has 0 saturated heterocycles. The van der Waals surface area contributed by atoms with Crippen molar-refractivity contribution in [3.05, 3.63) is 82.5 Å². The van der Waals surface area contributed by atoms with Gasteiger partial charge in [0, 0.05) is 0 Å². The number of hydrogen-bond acceptors (Lipinski definition) is 6. The summed E-state index contributed by atoms with van der Waals surface area (Å²) < 4.78 is 3.11. The second-order valence-corrected chi connectivity index (χ2v) is 6.68. The lowest BCUT2D eigenvalue weighted by Gasteiger charge is -2.12. The molecule has 0 unspecified atom stereocenters. The summed E-state index contributed by atoms with van der Waals surface area (Å²) in [4.78, 5) is 26.8. The minimum absolute atomic E-state index is 0.197. The lowest BCUT2D eigenvalue weighted by Crippen LogP contribution is -2.30. The summed E-state index contributed by atoms with van der Waals surface area (Å²) in [5, 5.41) is 4.56. The number of rotatable bonds is 3. The molecule has 0 fully saturated rings. The van der Waals surface area contributed by atoms with Crippen LogP contribution in [0.3, 0.4) is 0 Å². The molecule has 1 N–H and O–H groups in total. The average Bonchev–Trinajstić information content (AvgIpc) is 3.07. The SMILES string of the molecule is Cc1nn(-c2ccccc2)c2nc3nc(C)n(Nc4ccccc4)c(=O)c3nc12. The van der Waals surface area contributed by atoms with Gasteiger partial charge in [-0.2, -0.15) is 5.10 Å². The van der Waals surface area contributed by atoms with Crippen LogP contribution in [0.5, 0.6) is 0 Å². The Hall–Kier alpha value is -4.07. The van der Waals surface area contributed by atoms with Crippen LogP contribution in [0, 0.1) is 13.8 Å². The van der Waals surface area contributed by atoms with Crippen molar-refractivity contribution in [3.8, 4) is 5.69 Å². The van der Waals surface area contributed by atoms with Gasteiger partial charge in [0.2, 0.25) is 0 Å². The van der Waals surface area contributed by atoms with Gasteiger partial charge in [-0.3, -0.25) is 10.2 Å². The first-order valence-corrected chi connectivity index (χ1v) is 9.16. The summed E-state index contributed by atoms with van der Waals surface area (Å²) in [5.74, 6) is 0.488. The third kappa shape index (κ3) is 2.82. The summed E-state index contributed by atoms with van der Waals surface area (Å²) in [6, 6.07) is 19.1. The Morgan fingerprint density at radius 3 is 2.24 bits per heavy atom. The molecule has 0 aliphatic rings. The van der Waals surface area contributed by atoms with Crippen molar-refractivity contribution in [2.75, 3.05) is 5.43 Å². The number of nitrogens with zero attached hydrogens (tertiary/aromatic N) is 6. The van der Waals surface area contributed by atoms with E-state index in [9.17, 15) is 4.79 Å². The summed E-state index contributed by atoms with van der Waals surface area (Å²) in [7, 11) is 0. The predicted octanol–water partition coefficient (Wildman–Crippen LogP) is 3.02. The Kier molecular flexibility index (Phi) is 3.83. The van der Waals surface area contributed by atoms with E-state index >= 15 is 0 Å².